The first-order valence-corrected chi connectivity index (χ1v) is 7.58. The summed E-state index contributed by atoms with van der Waals surface area (Å²) in [6.45, 7) is 5.29. The maximum atomic E-state index is 11.9. The molecule has 2 aromatic rings. The molecule has 0 unspecified atom stereocenters. The molecule has 0 aliphatic rings. The van der Waals surface area contributed by atoms with Crippen molar-refractivity contribution in [2.45, 2.75) is 20.3 Å². The van der Waals surface area contributed by atoms with Crippen LogP contribution in [0.1, 0.15) is 29.9 Å². The first kappa shape index (κ1) is 14.5. The van der Waals surface area contributed by atoms with E-state index < -0.39 is 0 Å². The summed E-state index contributed by atoms with van der Waals surface area (Å²) in [7, 11) is 0. The molecule has 2 heterocycles. The van der Waals surface area contributed by atoms with E-state index in [-0.39, 0.29) is 5.91 Å². The molecule has 0 bridgehead atoms. The summed E-state index contributed by atoms with van der Waals surface area (Å²) in [4.78, 5) is 16.8. The summed E-state index contributed by atoms with van der Waals surface area (Å²) in [5.41, 5.74) is 0.706. The number of hydrogen-bond acceptors (Lipinski definition) is 4. The number of hydrogen-bond donors (Lipinski definition) is 2. The van der Waals surface area contributed by atoms with Crippen molar-refractivity contribution < 1.29 is 4.79 Å². The van der Waals surface area contributed by atoms with E-state index in [0.29, 0.717) is 16.5 Å². The molecule has 0 radical (unpaired) electrons. The van der Waals surface area contributed by atoms with Crippen LogP contribution in [0.15, 0.2) is 35.8 Å². The molecule has 0 atom stereocenters. The Bertz CT molecular complexity index is 535. The Labute approximate surface area is 123 Å². The van der Waals surface area contributed by atoms with Gasteiger partial charge in [0.1, 0.15) is 5.82 Å². The number of carbonyl (C=O) groups is 1. The van der Waals surface area contributed by atoms with Crippen LogP contribution >= 0.6 is 11.3 Å². The number of rotatable bonds is 6. The number of nitrogens with one attached hydrogen (secondary N) is 2. The molecular weight excluding hydrogens is 270 g/mol. The first-order chi connectivity index (χ1) is 9.65. The monoisotopic (exact) mass is 289 g/mol. The van der Waals surface area contributed by atoms with Crippen molar-refractivity contribution in [2.75, 3.05) is 17.2 Å². The summed E-state index contributed by atoms with van der Waals surface area (Å²) < 4.78 is 0. The van der Waals surface area contributed by atoms with Crippen molar-refractivity contribution in [3.05, 3.63) is 40.7 Å². The van der Waals surface area contributed by atoms with Gasteiger partial charge in [-0.25, -0.2) is 4.98 Å². The largest absolute Gasteiger partial charge is 0.370 e. The fourth-order valence-corrected chi connectivity index (χ4v) is 2.28. The second-order valence-corrected chi connectivity index (χ2v) is 5.92. The summed E-state index contributed by atoms with van der Waals surface area (Å²) >= 11 is 1.42. The van der Waals surface area contributed by atoms with E-state index in [0.717, 1.165) is 18.8 Å². The maximum absolute atomic E-state index is 11.9. The van der Waals surface area contributed by atoms with E-state index in [1.165, 1.54) is 11.3 Å². The number of thiophene rings is 1. The number of anilines is 2. The highest BCUT2D eigenvalue weighted by molar-refractivity contribution is 7.12. The molecule has 2 N–H and O–H groups in total. The highest BCUT2D eigenvalue weighted by Gasteiger charge is 2.06. The van der Waals surface area contributed by atoms with Gasteiger partial charge >= 0.3 is 0 Å². The normalized spacial score (nSPS) is 10.6. The third-order valence-electron chi connectivity index (χ3n) is 2.79. The van der Waals surface area contributed by atoms with Crippen molar-refractivity contribution in [1.82, 2.24) is 4.98 Å². The van der Waals surface area contributed by atoms with Gasteiger partial charge in [0.15, 0.2) is 0 Å². The second kappa shape index (κ2) is 7.05. The zero-order chi connectivity index (χ0) is 14.4. The van der Waals surface area contributed by atoms with Gasteiger partial charge in [0, 0.05) is 6.54 Å². The SMILES string of the molecule is CC(C)CCNc1ccc(NC(=O)c2cccs2)cn1. The Morgan fingerprint density at radius 3 is 2.80 bits per heavy atom. The summed E-state index contributed by atoms with van der Waals surface area (Å²) in [5, 5.41) is 7.97. The van der Waals surface area contributed by atoms with Gasteiger partial charge < -0.3 is 10.6 Å². The lowest BCUT2D eigenvalue weighted by molar-refractivity contribution is 0.103. The molecule has 106 valence electrons. The highest BCUT2D eigenvalue weighted by Crippen LogP contribution is 2.14. The van der Waals surface area contributed by atoms with Crippen LogP contribution in [0.2, 0.25) is 0 Å². The Kier molecular flexibility index (Phi) is 5.12. The zero-order valence-corrected chi connectivity index (χ0v) is 12.5. The van der Waals surface area contributed by atoms with Crippen LogP contribution in [-0.2, 0) is 0 Å². The standard InChI is InChI=1S/C15H19N3OS/c1-11(2)7-8-16-14-6-5-12(10-17-14)18-15(19)13-4-3-9-20-13/h3-6,9-11H,7-8H2,1-2H3,(H,16,17)(H,18,19). The minimum atomic E-state index is -0.0951. The van der Waals surface area contributed by atoms with Crippen LogP contribution in [-0.4, -0.2) is 17.4 Å². The number of carbonyl (C=O) groups excluding carboxylic acids is 1. The highest BCUT2D eigenvalue weighted by atomic mass is 32.1. The summed E-state index contributed by atoms with van der Waals surface area (Å²) in [5.74, 6) is 1.41. The van der Waals surface area contributed by atoms with Crippen molar-refractivity contribution in [1.29, 1.82) is 0 Å². The Balaban J connectivity index is 1.87. The maximum Gasteiger partial charge on any atom is 0.265 e. The second-order valence-electron chi connectivity index (χ2n) is 4.97. The van der Waals surface area contributed by atoms with Crippen LogP contribution in [0.25, 0.3) is 0 Å². The summed E-state index contributed by atoms with van der Waals surface area (Å²) in [6, 6.07) is 7.40. The third-order valence-corrected chi connectivity index (χ3v) is 3.66. The van der Waals surface area contributed by atoms with Crippen LogP contribution in [0.3, 0.4) is 0 Å². The van der Waals surface area contributed by atoms with Crippen molar-refractivity contribution in [3.63, 3.8) is 0 Å². The van der Waals surface area contributed by atoms with E-state index in [9.17, 15) is 4.79 Å². The van der Waals surface area contributed by atoms with Gasteiger partial charge in [-0.15, -0.1) is 11.3 Å². The number of amides is 1. The lowest BCUT2D eigenvalue weighted by Crippen LogP contribution is -2.11. The molecule has 20 heavy (non-hydrogen) atoms. The van der Waals surface area contributed by atoms with Crippen LogP contribution in [0, 0.1) is 5.92 Å². The smallest absolute Gasteiger partial charge is 0.265 e. The fourth-order valence-electron chi connectivity index (χ4n) is 1.66. The van der Waals surface area contributed by atoms with E-state index in [2.05, 4.69) is 29.5 Å². The molecule has 0 aliphatic carbocycles. The third kappa shape index (κ3) is 4.35. The van der Waals surface area contributed by atoms with Crippen LogP contribution in [0.5, 0.6) is 0 Å². The lowest BCUT2D eigenvalue weighted by atomic mass is 10.1. The number of nitrogens with zero attached hydrogens (tertiary/aromatic N) is 1. The van der Waals surface area contributed by atoms with Crippen molar-refractivity contribution in [2.24, 2.45) is 5.92 Å². The van der Waals surface area contributed by atoms with Gasteiger partial charge in [-0.1, -0.05) is 19.9 Å². The molecule has 0 fully saturated rings. The Morgan fingerprint density at radius 1 is 1.35 bits per heavy atom. The molecule has 4 nitrogen and oxygen atoms in total. The lowest BCUT2D eigenvalue weighted by Gasteiger charge is -2.08. The van der Waals surface area contributed by atoms with Gasteiger partial charge in [0.2, 0.25) is 0 Å². The Morgan fingerprint density at radius 2 is 2.20 bits per heavy atom. The molecule has 0 saturated heterocycles. The van der Waals surface area contributed by atoms with Gasteiger partial charge in [-0.2, -0.15) is 0 Å². The molecular formula is C15H19N3OS. The molecule has 1 amide bonds. The zero-order valence-electron chi connectivity index (χ0n) is 11.7. The quantitative estimate of drug-likeness (QED) is 0.849. The predicted molar refractivity (Wildman–Crippen MR) is 84.5 cm³/mol. The van der Waals surface area contributed by atoms with E-state index in [1.807, 2.05) is 23.6 Å². The fraction of sp³-hybridized carbons (Fsp3) is 0.333. The molecule has 5 heteroatoms. The van der Waals surface area contributed by atoms with E-state index in [4.69, 9.17) is 0 Å². The number of pyridine rings is 1. The molecule has 0 aromatic carbocycles. The minimum absolute atomic E-state index is 0.0951. The molecule has 2 rings (SSSR count). The topological polar surface area (TPSA) is 54.0 Å². The van der Waals surface area contributed by atoms with Crippen molar-refractivity contribution >= 4 is 28.7 Å². The first-order valence-electron chi connectivity index (χ1n) is 6.70. The average molecular weight is 289 g/mol. The molecule has 0 saturated carbocycles. The molecule has 2 aromatic heterocycles. The molecule has 0 aliphatic heterocycles. The van der Waals surface area contributed by atoms with E-state index in [1.54, 1.807) is 12.3 Å². The summed E-state index contributed by atoms with van der Waals surface area (Å²) in [6.07, 6.45) is 2.78. The van der Waals surface area contributed by atoms with Gasteiger partial charge in [-0.05, 0) is 35.9 Å². The average Bonchev–Trinajstić information content (AvgIpc) is 2.94. The van der Waals surface area contributed by atoms with Gasteiger partial charge in [0.25, 0.3) is 5.91 Å². The van der Waals surface area contributed by atoms with E-state index >= 15 is 0 Å². The predicted octanol–water partition coefficient (Wildman–Crippen LogP) is 3.85. The van der Waals surface area contributed by atoms with Gasteiger partial charge in [0.05, 0.1) is 16.8 Å². The van der Waals surface area contributed by atoms with Crippen LogP contribution in [0.4, 0.5) is 11.5 Å². The Hall–Kier alpha value is -1.88. The molecule has 0 spiro atoms. The van der Waals surface area contributed by atoms with Crippen LogP contribution < -0.4 is 10.6 Å². The van der Waals surface area contributed by atoms with Gasteiger partial charge in [-0.3, -0.25) is 4.79 Å². The number of aromatic nitrogens is 1. The minimum Gasteiger partial charge on any atom is -0.370 e. The van der Waals surface area contributed by atoms with Crippen molar-refractivity contribution in [3.8, 4) is 0 Å².